The minimum atomic E-state index is 0.0381. The van der Waals surface area contributed by atoms with Crippen LogP contribution in [0, 0.1) is 0 Å². The first-order chi connectivity index (χ1) is 6.74. The Bertz CT molecular complexity index is 116. The van der Waals surface area contributed by atoms with E-state index in [2.05, 4.69) is 13.8 Å². The van der Waals surface area contributed by atoms with Gasteiger partial charge in [0.2, 0.25) is 0 Å². The second-order valence-corrected chi connectivity index (χ2v) is 3.89. The third kappa shape index (κ3) is 7.30. The van der Waals surface area contributed by atoms with Gasteiger partial charge in [-0.15, -0.1) is 0 Å². The lowest BCUT2D eigenvalue weighted by Gasteiger charge is -2.19. The van der Waals surface area contributed by atoms with Gasteiger partial charge in [0.25, 0.3) is 0 Å². The molecule has 0 aliphatic carbocycles. The quantitative estimate of drug-likeness (QED) is 0.559. The van der Waals surface area contributed by atoms with E-state index in [9.17, 15) is 0 Å². The summed E-state index contributed by atoms with van der Waals surface area (Å²) in [5.74, 6) is 0. The Kier molecular flexibility index (Phi) is 9.35. The number of hydrogen-bond acceptors (Lipinski definition) is 3. The van der Waals surface area contributed by atoms with Crippen LogP contribution in [0.4, 0.5) is 0 Å². The van der Waals surface area contributed by atoms with E-state index in [0.29, 0.717) is 19.2 Å². The summed E-state index contributed by atoms with van der Waals surface area (Å²) in [5.41, 5.74) is 11.0. The molecule has 0 rings (SSSR count). The minimum Gasteiger partial charge on any atom is -0.373 e. The normalized spacial score (nSPS) is 13.5. The molecule has 0 aromatic carbocycles. The first-order valence-corrected chi connectivity index (χ1v) is 5.80. The summed E-state index contributed by atoms with van der Waals surface area (Å²) in [5, 5.41) is 0. The van der Waals surface area contributed by atoms with Gasteiger partial charge < -0.3 is 16.2 Å². The van der Waals surface area contributed by atoms with Crippen molar-refractivity contribution in [3.63, 3.8) is 0 Å². The maximum absolute atomic E-state index is 5.68. The number of unbranched alkanes of at least 4 members (excludes halogenated alkanes) is 3. The summed E-state index contributed by atoms with van der Waals surface area (Å²) in [6, 6.07) is 0. The van der Waals surface area contributed by atoms with Crippen molar-refractivity contribution >= 4 is 0 Å². The van der Waals surface area contributed by atoms with Crippen LogP contribution in [-0.4, -0.2) is 25.3 Å². The largest absolute Gasteiger partial charge is 0.373 e. The molecule has 14 heavy (non-hydrogen) atoms. The van der Waals surface area contributed by atoms with E-state index in [1.165, 1.54) is 25.7 Å². The van der Waals surface area contributed by atoms with Crippen LogP contribution in [0.5, 0.6) is 0 Å². The lowest BCUT2D eigenvalue weighted by Crippen LogP contribution is -2.34. The van der Waals surface area contributed by atoms with E-state index >= 15 is 0 Å². The van der Waals surface area contributed by atoms with E-state index < -0.39 is 0 Å². The van der Waals surface area contributed by atoms with Gasteiger partial charge >= 0.3 is 0 Å². The molecule has 0 bridgehead atoms. The molecule has 0 aliphatic heterocycles. The van der Waals surface area contributed by atoms with Crippen molar-refractivity contribution in [3.05, 3.63) is 0 Å². The zero-order valence-electron chi connectivity index (χ0n) is 9.67. The molecule has 1 unspecified atom stereocenters. The third-order valence-corrected chi connectivity index (χ3v) is 2.41. The molecule has 0 saturated heterocycles. The Labute approximate surface area is 88.2 Å². The van der Waals surface area contributed by atoms with Gasteiger partial charge in [0, 0.05) is 13.1 Å². The maximum Gasteiger partial charge on any atom is 0.0822 e. The Hall–Kier alpha value is -0.120. The summed E-state index contributed by atoms with van der Waals surface area (Å²) in [6.45, 7) is 5.37. The summed E-state index contributed by atoms with van der Waals surface area (Å²) >= 11 is 0. The van der Waals surface area contributed by atoms with Crippen LogP contribution in [-0.2, 0) is 4.74 Å². The van der Waals surface area contributed by atoms with Gasteiger partial charge in [-0.05, 0) is 13.3 Å². The maximum atomic E-state index is 5.68. The summed E-state index contributed by atoms with van der Waals surface area (Å²) in [7, 11) is 0. The van der Waals surface area contributed by atoms with E-state index in [1.807, 2.05) is 0 Å². The molecule has 3 heteroatoms. The summed E-state index contributed by atoms with van der Waals surface area (Å²) in [6.07, 6.45) is 6.61. The second kappa shape index (κ2) is 9.44. The van der Waals surface area contributed by atoms with Gasteiger partial charge in [0.1, 0.15) is 0 Å². The van der Waals surface area contributed by atoms with Crippen molar-refractivity contribution in [2.75, 3.05) is 13.1 Å². The van der Waals surface area contributed by atoms with Crippen molar-refractivity contribution in [1.29, 1.82) is 0 Å². The van der Waals surface area contributed by atoms with Gasteiger partial charge in [-0.1, -0.05) is 32.6 Å². The molecule has 0 spiro atoms. The van der Waals surface area contributed by atoms with Crippen molar-refractivity contribution < 1.29 is 4.74 Å². The molecular weight excluding hydrogens is 176 g/mol. The van der Waals surface area contributed by atoms with Gasteiger partial charge in [0.05, 0.1) is 12.2 Å². The summed E-state index contributed by atoms with van der Waals surface area (Å²) < 4.78 is 5.68. The molecule has 0 aromatic rings. The minimum absolute atomic E-state index is 0.0381. The molecule has 0 aromatic heterocycles. The lowest BCUT2D eigenvalue weighted by atomic mass is 10.1. The molecule has 0 amide bonds. The standard InChI is InChI=1S/C11H26N2O/c1-3-4-5-6-7-10(2)14-11(8-12)9-13/h10-11H,3-9,12-13H2,1-2H3. The van der Waals surface area contributed by atoms with E-state index in [-0.39, 0.29) is 6.10 Å². The van der Waals surface area contributed by atoms with Crippen LogP contribution in [0.15, 0.2) is 0 Å². The highest BCUT2D eigenvalue weighted by Gasteiger charge is 2.09. The molecule has 0 aliphatic rings. The highest BCUT2D eigenvalue weighted by Crippen LogP contribution is 2.09. The second-order valence-electron chi connectivity index (χ2n) is 3.89. The Morgan fingerprint density at radius 3 is 2.21 bits per heavy atom. The number of nitrogens with two attached hydrogens (primary N) is 2. The topological polar surface area (TPSA) is 61.3 Å². The van der Waals surface area contributed by atoms with E-state index in [0.717, 1.165) is 6.42 Å². The van der Waals surface area contributed by atoms with Crippen molar-refractivity contribution in [2.45, 2.75) is 58.2 Å². The SMILES string of the molecule is CCCCCCC(C)OC(CN)CN. The zero-order valence-corrected chi connectivity index (χ0v) is 9.67. The van der Waals surface area contributed by atoms with Crippen molar-refractivity contribution in [2.24, 2.45) is 11.5 Å². The Morgan fingerprint density at radius 2 is 1.71 bits per heavy atom. The van der Waals surface area contributed by atoms with Crippen LogP contribution in [0.2, 0.25) is 0 Å². The van der Waals surface area contributed by atoms with Crippen LogP contribution < -0.4 is 11.5 Å². The van der Waals surface area contributed by atoms with Crippen molar-refractivity contribution in [3.8, 4) is 0 Å². The van der Waals surface area contributed by atoms with Crippen LogP contribution >= 0.6 is 0 Å². The Morgan fingerprint density at radius 1 is 1.07 bits per heavy atom. The molecule has 0 fully saturated rings. The molecule has 86 valence electrons. The van der Waals surface area contributed by atoms with Gasteiger partial charge in [-0.25, -0.2) is 0 Å². The smallest absolute Gasteiger partial charge is 0.0822 e. The van der Waals surface area contributed by atoms with Gasteiger partial charge in [0.15, 0.2) is 0 Å². The molecule has 1 atom stereocenters. The number of hydrogen-bond donors (Lipinski definition) is 2. The fourth-order valence-electron chi connectivity index (χ4n) is 1.46. The van der Waals surface area contributed by atoms with E-state index in [4.69, 9.17) is 16.2 Å². The van der Waals surface area contributed by atoms with Crippen LogP contribution in [0.3, 0.4) is 0 Å². The molecule has 4 N–H and O–H groups in total. The number of ether oxygens (including phenoxy) is 1. The highest BCUT2D eigenvalue weighted by molar-refractivity contribution is 4.62. The molecule has 3 nitrogen and oxygen atoms in total. The molecular formula is C11H26N2O. The molecule has 0 radical (unpaired) electrons. The lowest BCUT2D eigenvalue weighted by molar-refractivity contribution is 0.00276. The first-order valence-electron chi connectivity index (χ1n) is 5.80. The molecule has 0 saturated carbocycles. The first kappa shape index (κ1) is 13.9. The fourth-order valence-corrected chi connectivity index (χ4v) is 1.46. The van der Waals surface area contributed by atoms with E-state index in [1.54, 1.807) is 0 Å². The predicted octanol–water partition coefficient (Wildman–Crippen LogP) is 1.65. The molecule has 0 heterocycles. The van der Waals surface area contributed by atoms with Crippen LogP contribution in [0.1, 0.15) is 46.0 Å². The summed E-state index contributed by atoms with van der Waals surface area (Å²) in [4.78, 5) is 0. The predicted molar refractivity (Wildman–Crippen MR) is 61.2 cm³/mol. The highest BCUT2D eigenvalue weighted by atomic mass is 16.5. The van der Waals surface area contributed by atoms with Gasteiger partial charge in [-0.2, -0.15) is 0 Å². The van der Waals surface area contributed by atoms with Gasteiger partial charge in [-0.3, -0.25) is 0 Å². The number of rotatable bonds is 9. The van der Waals surface area contributed by atoms with Crippen LogP contribution in [0.25, 0.3) is 0 Å². The van der Waals surface area contributed by atoms with Crippen molar-refractivity contribution in [1.82, 2.24) is 0 Å². The Balaban J connectivity index is 3.38. The zero-order chi connectivity index (χ0) is 10.8. The average molecular weight is 202 g/mol. The average Bonchev–Trinajstić information content (AvgIpc) is 2.21. The fraction of sp³-hybridized carbons (Fsp3) is 1.00. The third-order valence-electron chi connectivity index (χ3n) is 2.41. The monoisotopic (exact) mass is 202 g/mol.